The highest BCUT2D eigenvalue weighted by atomic mass is 79.9. The SMILES string of the molecule is CC(C)C1(C)C(=O)N(c2cccc(Br)c2C#N)c2ccc(C3CCN(C(=O)OC(C)(C)C)CC3)cc21. The molecule has 2 aliphatic heterocycles. The number of carbonyl (C=O) groups is 2. The third-order valence-electron chi connectivity index (χ3n) is 7.59. The lowest BCUT2D eigenvalue weighted by Gasteiger charge is -2.34. The number of hydrogen-bond acceptors (Lipinski definition) is 4. The van der Waals surface area contributed by atoms with Gasteiger partial charge in [-0.1, -0.05) is 32.0 Å². The fourth-order valence-corrected chi connectivity index (χ4v) is 5.65. The van der Waals surface area contributed by atoms with Crippen molar-refractivity contribution in [3.63, 3.8) is 0 Å². The molecule has 0 N–H and O–H groups in total. The van der Waals surface area contributed by atoms with Gasteiger partial charge in [-0.15, -0.1) is 0 Å². The molecule has 2 aliphatic rings. The average molecular weight is 553 g/mol. The van der Waals surface area contributed by atoms with Crippen LogP contribution < -0.4 is 4.90 Å². The summed E-state index contributed by atoms with van der Waals surface area (Å²) >= 11 is 3.47. The van der Waals surface area contributed by atoms with E-state index in [4.69, 9.17) is 4.74 Å². The highest BCUT2D eigenvalue weighted by molar-refractivity contribution is 9.10. The minimum absolute atomic E-state index is 0.0148. The van der Waals surface area contributed by atoms with Gasteiger partial charge in [0.15, 0.2) is 0 Å². The summed E-state index contributed by atoms with van der Waals surface area (Å²) in [6.07, 6.45) is 1.43. The summed E-state index contributed by atoms with van der Waals surface area (Å²) in [6, 6.07) is 14.1. The Morgan fingerprint density at radius 3 is 2.42 bits per heavy atom. The maximum Gasteiger partial charge on any atom is 0.410 e. The summed E-state index contributed by atoms with van der Waals surface area (Å²) < 4.78 is 6.21. The molecule has 6 nitrogen and oxygen atoms in total. The molecule has 2 amide bonds. The van der Waals surface area contributed by atoms with Gasteiger partial charge in [0.25, 0.3) is 0 Å². The molecule has 7 heteroatoms. The predicted molar refractivity (Wildman–Crippen MR) is 144 cm³/mol. The van der Waals surface area contributed by atoms with Gasteiger partial charge in [0.05, 0.1) is 22.4 Å². The third kappa shape index (κ3) is 4.52. The monoisotopic (exact) mass is 551 g/mol. The van der Waals surface area contributed by atoms with Crippen molar-refractivity contribution in [3.8, 4) is 6.07 Å². The zero-order valence-corrected chi connectivity index (χ0v) is 23.5. The molecule has 0 saturated carbocycles. The number of carbonyl (C=O) groups excluding carboxylic acids is 2. The smallest absolute Gasteiger partial charge is 0.410 e. The normalized spacial score (nSPS) is 20.5. The second-order valence-electron chi connectivity index (χ2n) is 11.3. The minimum Gasteiger partial charge on any atom is -0.444 e. The van der Waals surface area contributed by atoms with Crippen molar-refractivity contribution in [1.82, 2.24) is 4.90 Å². The summed E-state index contributed by atoms with van der Waals surface area (Å²) in [5.41, 5.74) is 2.85. The van der Waals surface area contributed by atoms with Crippen molar-refractivity contribution in [3.05, 3.63) is 57.6 Å². The van der Waals surface area contributed by atoms with Crippen LogP contribution in [0.3, 0.4) is 0 Å². The molecule has 190 valence electrons. The van der Waals surface area contributed by atoms with E-state index >= 15 is 0 Å². The number of fused-ring (bicyclic) bond motifs is 1. The standard InChI is InChI=1S/C29H34BrN3O3/c1-18(2)29(6)22-16-20(19-12-14-32(15-13-19)27(35)36-28(3,4)5)10-11-25(22)33(26(29)34)24-9-7-8-23(30)21(24)17-31/h7-11,16,18-19H,12-15H2,1-6H3. The molecule has 0 aliphatic carbocycles. The summed E-state index contributed by atoms with van der Waals surface area (Å²) in [4.78, 5) is 30.0. The first-order valence-electron chi connectivity index (χ1n) is 12.5. The molecule has 1 unspecified atom stereocenters. The summed E-state index contributed by atoms with van der Waals surface area (Å²) in [5, 5.41) is 9.82. The van der Waals surface area contributed by atoms with Crippen LogP contribution in [0.25, 0.3) is 0 Å². The van der Waals surface area contributed by atoms with Gasteiger partial charge in [0.1, 0.15) is 11.7 Å². The highest BCUT2D eigenvalue weighted by Gasteiger charge is 2.50. The first kappa shape index (κ1) is 26.2. The van der Waals surface area contributed by atoms with Crippen LogP contribution in [0.1, 0.15) is 77.0 Å². The quantitative estimate of drug-likeness (QED) is 0.410. The third-order valence-corrected chi connectivity index (χ3v) is 8.25. The van der Waals surface area contributed by atoms with Crippen LogP contribution in [0, 0.1) is 17.2 Å². The van der Waals surface area contributed by atoms with Gasteiger partial charge in [-0.2, -0.15) is 5.26 Å². The van der Waals surface area contributed by atoms with E-state index in [9.17, 15) is 14.9 Å². The number of nitrogens with zero attached hydrogens (tertiary/aromatic N) is 3. The Labute approximate surface area is 222 Å². The van der Waals surface area contributed by atoms with Crippen LogP contribution in [-0.2, 0) is 14.9 Å². The zero-order valence-electron chi connectivity index (χ0n) is 21.9. The van der Waals surface area contributed by atoms with Crippen LogP contribution >= 0.6 is 15.9 Å². The number of rotatable bonds is 3. The molecule has 1 fully saturated rings. The van der Waals surface area contributed by atoms with Crippen molar-refractivity contribution >= 4 is 39.3 Å². The lowest BCUT2D eigenvalue weighted by molar-refractivity contribution is -0.123. The minimum atomic E-state index is -0.711. The molecule has 0 bridgehead atoms. The number of hydrogen-bond donors (Lipinski definition) is 0. The molecule has 0 radical (unpaired) electrons. The van der Waals surface area contributed by atoms with Crippen molar-refractivity contribution in [2.24, 2.45) is 5.92 Å². The van der Waals surface area contributed by atoms with E-state index in [2.05, 4.69) is 48.0 Å². The van der Waals surface area contributed by atoms with Gasteiger partial charge in [-0.05, 0) is 97.6 Å². The average Bonchev–Trinajstić information content (AvgIpc) is 3.05. The number of amides is 2. The summed E-state index contributed by atoms with van der Waals surface area (Å²) in [7, 11) is 0. The highest BCUT2D eigenvalue weighted by Crippen LogP contribution is 2.51. The number of ether oxygens (including phenoxy) is 1. The van der Waals surface area contributed by atoms with Gasteiger partial charge in [-0.25, -0.2) is 4.79 Å². The number of halogens is 1. The van der Waals surface area contributed by atoms with E-state index in [-0.39, 0.29) is 17.9 Å². The molecule has 2 aromatic rings. The van der Waals surface area contributed by atoms with Crippen LogP contribution in [0.4, 0.5) is 16.2 Å². The largest absolute Gasteiger partial charge is 0.444 e. The lowest BCUT2D eigenvalue weighted by Crippen LogP contribution is -2.41. The molecule has 36 heavy (non-hydrogen) atoms. The van der Waals surface area contributed by atoms with Crippen molar-refractivity contribution in [2.75, 3.05) is 18.0 Å². The fraction of sp³-hybridized carbons (Fsp3) is 0.483. The van der Waals surface area contributed by atoms with Gasteiger partial charge >= 0.3 is 6.09 Å². The fourth-order valence-electron chi connectivity index (χ4n) is 5.20. The molecule has 2 heterocycles. The van der Waals surface area contributed by atoms with Crippen LogP contribution in [0.2, 0.25) is 0 Å². The molecule has 1 saturated heterocycles. The van der Waals surface area contributed by atoms with Gasteiger partial charge in [0.2, 0.25) is 5.91 Å². The Balaban J connectivity index is 1.67. The maximum absolute atomic E-state index is 14.0. The number of anilines is 2. The summed E-state index contributed by atoms with van der Waals surface area (Å²) in [5.74, 6) is 0.352. The maximum atomic E-state index is 14.0. The van der Waals surface area contributed by atoms with Crippen LogP contribution in [-0.4, -0.2) is 35.6 Å². The predicted octanol–water partition coefficient (Wildman–Crippen LogP) is 7.03. The Kier molecular flexibility index (Phi) is 6.96. The van der Waals surface area contributed by atoms with E-state index in [1.807, 2.05) is 52.0 Å². The second-order valence-corrected chi connectivity index (χ2v) is 12.1. The van der Waals surface area contributed by atoms with E-state index < -0.39 is 11.0 Å². The van der Waals surface area contributed by atoms with E-state index in [0.717, 1.165) is 24.1 Å². The lowest BCUT2D eigenvalue weighted by atomic mass is 9.73. The van der Waals surface area contributed by atoms with E-state index in [0.29, 0.717) is 34.7 Å². The Morgan fingerprint density at radius 1 is 1.17 bits per heavy atom. The first-order chi connectivity index (χ1) is 16.9. The Morgan fingerprint density at radius 2 is 1.83 bits per heavy atom. The number of piperidine rings is 1. The molecule has 2 aromatic carbocycles. The molecular formula is C29H34BrN3O3. The Hall–Kier alpha value is -2.85. The molecule has 0 aromatic heterocycles. The van der Waals surface area contributed by atoms with E-state index in [1.165, 1.54) is 5.56 Å². The van der Waals surface area contributed by atoms with Crippen molar-refractivity contribution < 1.29 is 14.3 Å². The molecular weight excluding hydrogens is 518 g/mol. The topological polar surface area (TPSA) is 73.6 Å². The number of benzene rings is 2. The first-order valence-corrected chi connectivity index (χ1v) is 13.3. The van der Waals surface area contributed by atoms with Gasteiger partial charge in [0, 0.05) is 17.6 Å². The van der Waals surface area contributed by atoms with Gasteiger partial charge in [-0.3, -0.25) is 9.69 Å². The second kappa shape index (κ2) is 9.55. The van der Waals surface area contributed by atoms with E-state index in [1.54, 1.807) is 9.80 Å². The van der Waals surface area contributed by atoms with Crippen LogP contribution in [0.5, 0.6) is 0 Å². The molecule has 4 rings (SSSR count). The Bertz CT molecular complexity index is 1240. The van der Waals surface area contributed by atoms with Gasteiger partial charge < -0.3 is 9.64 Å². The van der Waals surface area contributed by atoms with Crippen molar-refractivity contribution in [2.45, 2.75) is 71.3 Å². The summed E-state index contributed by atoms with van der Waals surface area (Å²) in [6.45, 7) is 13.1. The van der Waals surface area contributed by atoms with Crippen LogP contribution in [0.15, 0.2) is 40.9 Å². The number of likely N-dealkylation sites (tertiary alicyclic amines) is 1. The zero-order chi connectivity index (χ0) is 26.4. The molecule has 1 atom stereocenters. The molecule has 0 spiro atoms. The number of nitriles is 1. The van der Waals surface area contributed by atoms with Crippen molar-refractivity contribution in [1.29, 1.82) is 5.26 Å².